The van der Waals surface area contributed by atoms with Crippen LogP contribution in [0.3, 0.4) is 0 Å². The van der Waals surface area contributed by atoms with Crippen LogP contribution in [-0.2, 0) is 0 Å². The Hall–Kier alpha value is -6.24. The molecule has 0 spiro atoms. The third-order valence-corrected chi connectivity index (χ3v) is 20.6. The van der Waals surface area contributed by atoms with Crippen molar-refractivity contribution in [2.45, 2.75) is 0 Å². The molecule has 0 saturated carbocycles. The fraction of sp³-hybridized carbons (Fsp3) is 0. The van der Waals surface area contributed by atoms with E-state index in [0.717, 1.165) is 55.7 Å². The number of hydrogen-bond donors (Lipinski definition) is 0. The van der Waals surface area contributed by atoms with Crippen LogP contribution < -0.4 is 17.7 Å². The van der Waals surface area contributed by atoms with Gasteiger partial charge in [0.2, 0.25) is 0 Å². The van der Waals surface area contributed by atoms with Gasteiger partial charge < -0.3 is 0 Å². The summed E-state index contributed by atoms with van der Waals surface area (Å²) in [5.74, 6) is 1.64. The summed E-state index contributed by atoms with van der Waals surface area (Å²) in [6, 6.07) is 63.1. The molecule has 0 aliphatic carbocycles. The van der Waals surface area contributed by atoms with Crippen LogP contribution in [0.25, 0.3) is 72.1 Å². The summed E-state index contributed by atoms with van der Waals surface area (Å²) in [7, 11) is 0. The Balaban J connectivity index is 1.36. The number of benzene rings is 7. The van der Waals surface area contributed by atoms with Gasteiger partial charge in [-0.3, -0.25) is 0 Å². The fourth-order valence-corrected chi connectivity index (χ4v) is 19.1. The maximum absolute atomic E-state index is 6.42. The first-order valence-electron chi connectivity index (χ1n) is 17.3. The first-order valence-corrected chi connectivity index (χ1v) is 21.5. The zero-order valence-corrected chi connectivity index (χ0v) is 29.6. The van der Waals surface area contributed by atoms with Gasteiger partial charge in [-0.05, 0) is 0 Å². The van der Waals surface area contributed by atoms with Gasteiger partial charge in [-0.2, -0.15) is 0 Å². The number of fused-ring (bicyclic) bond motifs is 10. The van der Waals surface area contributed by atoms with Gasteiger partial charge in [-0.25, -0.2) is 0 Å². The minimum atomic E-state index is -3.70. The molecule has 0 bridgehead atoms. The van der Waals surface area contributed by atoms with Gasteiger partial charge in [0.1, 0.15) is 0 Å². The van der Waals surface area contributed by atoms with Crippen molar-refractivity contribution in [2.75, 3.05) is 0 Å². The van der Waals surface area contributed by atoms with Crippen LogP contribution in [0.4, 0.5) is 0 Å². The Kier molecular flexibility index (Phi) is 6.10. The van der Waals surface area contributed by atoms with E-state index in [-0.39, 0.29) is 0 Å². The van der Waals surface area contributed by atoms with Crippen LogP contribution in [0.15, 0.2) is 180 Å². The van der Waals surface area contributed by atoms with E-state index in [1.54, 1.807) is 0 Å². The molecular formula is C46H29GeN3O. The van der Waals surface area contributed by atoms with Crippen LogP contribution in [0.2, 0.25) is 0 Å². The molecule has 0 saturated heterocycles. The summed E-state index contributed by atoms with van der Waals surface area (Å²) in [5, 5.41) is 4.59. The zero-order chi connectivity index (χ0) is 33.5. The number of hydrogen-bond acceptors (Lipinski definition) is 3. The van der Waals surface area contributed by atoms with Gasteiger partial charge in [0, 0.05) is 0 Å². The van der Waals surface area contributed by atoms with Crippen molar-refractivity contribution < 1.29 is 4.42 Å². The number of nitrogens with zero attached hydrogens (tertiary/aromatic N) is 3. The summed E-state index contributed by atoms with van der Waals surface area (Å²) >= 11 is -3.70. The standard InChI is InChI=1S/C46H29GeN3O/c1-4-16-30(17-5-1)45-48-44-43(33-22-10-13-25-36(33)47(44,31-18-6-2-7-19-31)32-20-8-3-9-21-32)46(49-45)50-37-26-14-11-23-34(37)41-38(50)28-29-40-42(41)35-24-12-15-27-39(35)51-40/h1-29H. The van der Waals surface area contributed by atoms with Gasteiger partial charge in [-0.15, -0.1) is 0 Å². The second-order valence-corrected chi connectivity index (χ2v) is 21.0. The van der Waals surface area contributed by atoms with Crippen molar-refractivity contribution in [3.63, 3.8) is 0 Å². The van der Waals surface area contributed by atoms with Crippen molar-refractivity contribution in [2.24, 2.45) is 0 Å². The van der Waals surface area contributed by atoms with Crippen LogP contribution in [0, 0.1) is 0 Å². The molecule has 238 valence electrons. The van der Waals surface area contributed by atoms with E-state index < -0.39 is 13.3 Å². The average Bonchev–Trinajstić information content (AvgIpc) is 3.85. The van der Waals surface area contributed by atoms with Crippen LogP contribution in [0.5, 0.6) is 0 Å². The SMILES string of the molecule is c1ccc(-c2nc(-n3c4ccccc4c4c5c(ccc43)oc3ccccc35)c3[c](n2)[Ge]([c]2ccccc2)([c]2ccccc2)[c]2ccccc2-3)cc1. The van der Waals surface area contributed by atoms with E-state index in [9.17, 15) is 0 Å². The molecular weight excluding hydrogens is 683 g/mol. The molecule has 1 aliphatic heterocycles. The molecule has 5 heteroatoms. The molecule has 10 aromatic rings. The molecule has 0 atom stereocenters. The van der Waals surface area contributed by atoms with Gasteiger partial charge >= 0.3 is 298 Å². The molecule has 7 aromatic carbocycles. The van der Waals surface area contributed by atoms with Gasteiger partial charge in [0.05, 0.1) is 0 Å². The number of aromatic nitrogens is 3. The predicted molar refractivity (Wildman–Crippen MR) is 212 cm³/mol. The molecule has 51 heavy (non-hydrogen) atoms. The first kappa shape index (κ1) is 28.6. The zero-order valence-electron chi connectivity index (χ0n) is 27.5. The molecule has 0 fully saturated rings. The Bertz CT molecular complexity index is 2930. The molecule has 1 aliphatic rings. The quantitative estimate of drug-likeness (QED) is 0.172. The third kappa shape index (κ3) is 3.91. The van der Waals surface area contributed by atoms with Crippen molar-refractivity contribution >= 4 is 74.7 Å². The summed E-state index contributed by atoms with van der Waals surface area (Å²) in [4.78, 5) is 11.3. The van der Waals surface area contributed by atoms with E-state index in [1.165, 1.54) is 34.1 Å². The maximum atomic E-state index is 6.42. The molecule has 0 amide bonds. The Labute approximate surface area is 296 Å². The Morgan fingerprint density at radius 2 is 1.10 bits per heavy atom. The van der Waals surface area contributed by atoms with Crippen LogP contribution >= 0.6 is 0 Å². The number of rotatable bonds is 4. The number of furan rings is 1. The van der Waals surface area contributed by atoms with Crippen molar-refractivity contribution in [3.8, 4) is 28.3 Å². The first-order chi connectivity index (χ1) is 25.3. The van der Waals surface area contributed by atoms with Gasteiger partial charge in [0.15, 0.2) is 0 Å². The summed E-state index contributed by atoms with van der Waals surface area (Å²) < 4.78 is 14.1. The molecule has 0 N–H and O–H groups in total. The van der Waals surface area contributed by atoms with E-state index in [2.05, 4.69) is 174 Å². The van der Waals surface area contributed by atoms with Crippen molar-refractivity contribution in [3.05, 3.63) is 176 Å². The third-order valence-electron chi connectivity index (χ3n) is 10.7. The normalized spacial score (nSPS) is 13.3. The molecule has 11 rings (SSSR count). The summed E-state index contributed by atoms with van der Waals surface area (Å²) in [5.41, 5.74) is 7.32. The summed E-state index contributed by atoms with van der Waals surface area (Å²) in [6.07, 6.45) is 0. The van der Waals surface area contributed by atoms with Crippen LogP contribution in [-0.4, -0.2) is 27.8 Å². The number of para-hydroxylation sites is 2. The molecule has 4 heterocycles. The van der Waals surface area contributed by atoms with Crippen molar-refractivity contribution in [1.82, 2.24) is 14.5 Å². The molecule has 0 radical (unpaired) electrons. The monoisotopic (exact) mass is 713 g/mol. The average molecular weight is 712 g/mol. The second kappa shape index (κ2) is 10.9. The minimum absolute atomic E-state index is 0.736. The van der Waals surface area contributed by atoms with Crippen LogP contribution in [0.1, 0.15) is 0 Å². The van der Waals surface area contributed by atoms with E-state index in [4.69, 9.17) is 14.4 Å². The van der Waals surface area contributed by atoms with Crippen molar-refractivity contribution in [1.29, 1.82) is 0 Å². The Morgan fingerprint density at radius 3 is 1.86 bits per heavy atom. The second-order valence-electron chi connectivity index (χ2n) is 13.3. The van der Waals surface area contributed by atoms with Gasteiger partial charge in [0.25, 0.3) is 0 Å². The molecule has 3 aromatic heterocycles. The van der Waals surface area contributed by atoms with E-state index in [1.807, 2.05) is 6.07 Å². The van der Waals surface area contributed by atoms with E-state index >= 15 is 0 Å². The van der Waals surface area contributed by atoms with E-state index in [0.29, 0.717) is 0 Å². The molecule has 4 nitrogen and oxygen atoms in total. The fourth-order valence-electron chi connectivity index (χ4n) is 8.63. The topological polar surface area (TPSA) is 43.9 Å². The Morgan fingerprint density at radius 1 is 0.471 bits per heavy atom. The van der Waals surface area contributed by atoms with Gasteiger partial charge in [-0.1, -0.05) is 0 Å². The molecule has 0 unspecified atom stereocenters. The predicted octanol–water partition coefficient (Wildman–Crippen LogP) is 8.50. The summed E-state index contributed by atoms with van der Waals surface area (Å²) in [6.45, 7) is 0.